The lowest BCUT2D eigenvalue weighted by Crippen LogP contribution is -2.44. The number of piperidine rings is 2. The molecule has 3 aliphatic rings. The van der Waals surface area contributed by atoms with Gasteiger partial charge in [0.15, 0.2) is 0 Å². The van der Waals surface area contributed by atoms with E-state index < -0.39 is 35.5 Å². The number of aryl methyl sites for hydroxylation is 1. The molecule has 5 aromatic rings. The Morgan fingerprint density at radius 3 is 2.56 bits per heavy atom. The summed E-state index contributed by atoms with van der Waals surface area (Å²) >= 11 is 0. The minimum Gasteiger partial charge on any atom is -0.386 e. The Bertz CT molecular complexity index is 2500. The summed E-state index contributed by atoms with van der Waals surface area (Å²) in [5.41, 5.74) is 2.23. The first-order valence-electron chi connectivity index (χ1n) is 19.6. The summed E-state index contributed by atoms with van der Waals surface area (Å²) < 4.78 is 21.1. The van der Waals surface area contributed by atoms with Gasteiger partial charge in [0.2, 0.25) is 11.8 Å². The highest BCUT2D eigenvalue weighted by atomic mass is 19.1. The molecule has 2 aromatic carbocycles. The number of para-hydroxylation sites is 1. The molecule has 1 unspecified atom stereocenters. The van der Waals surface area contributed by atoms with Crippen LogP contribution in [0.3, 0.4) is 0 Å². The Hall–Kier alpha value is -5.72. The summed E-state index contributed by atoms with van der Waals surface area (Å²) in [4.78, 5) is 57.4. The van der Waals surface area contributed by atoms with Gasteiger partial charge in [0.1, 0.15) is 29.7 Å². The first-order valence-corrected chi connectivity index (χ1v) is 19.6. The van der Waals surface area contributed by atoms with Crippen LogP contribution in [-0.4, -0.2) is 77.4 Å². The Morgan fingerprint density at radius 1 is 1.07 bits per heavy atom. The Labute approximate surface area is 328 Å². The van der Waals surface area contributed by atoms with E-state index in [2.05, 4.69) is 20.5 Å². The average Bonchev–Trinajstić information content (AvgIpc) is 3.72. The summed E-state index contributed by atoms with van der Waals surface area (Å²) in [5.74, 6) is -1.31. The zero-order valence-corrected chi connectivity index (χ0v) is 32.2. The first kappa shape index (κ1) is 38.2. The van der Waals surface area contributed by atoms with E-state index >= 15 is 4.39 Å². The third-order valence-electron chi connectivity index (χ3n) is 12.1. The molecule has 296 valence electrons. The number of likely N-dealkylation sites (tertiary alicyclic amines) is 1. The molecule has 0 radical (unpaired) electrons. The highest BCUT2D eigenvalue weighted by Crippen LogP contribution is 2.39. The van der Waals surface area contributed by atoms with Gasteiger partial charge in [-0.15, -0.1) is 0 Å². The number of pyridine rings is 1. The summed E-state index contributed by atoms with van der Waals surface area (Å²) in [7, 11) is 1.66. The molecule has 3 fully saturated rings. The number of aromatic nitrogens is 5. The van der Waals surface area contributed by atoms with Gasteiger partial charge in [-0.1, -0.05) is 18.2 Å². The quantitative estimate of drug-likeness (QED) is 0.184. The maximum atomic E-state index is 16.2. The summed E-state index contributed by atoms with van der Waals surface area (Å²) in [6.45, 7) is 5.14. The van der Waals surface area contributed by atoms with Gasteiger partial charge in [0.25, 0.3) is 5.91 Å². The van der Waals surface area contributed by atoms with Crippen LogP contribution < -0.4 is 16.3 Å². The van der Waals surface area contributed by atoms with Gasteiger partial charge in [-0.2, -0.15) is 10.4 Å². The van der Waals surface area contributed by atoms with E-state index in [1.54, 1.807) is 39.1 Å². The minimum atomic E-state index is -1.27. The van der Waals surface area contributed by atoms with Gasteiger partial charge in [-0.05, 0) is 101 Å². The second-order valence-electron chi connectivity index (χ2n) is 16.3. The number of imide groups is 1. The van der Waals surface area contributed by atoms with Crippen molar-refractivity contribution in [2.45, 2.75) is 88.6 Å². The topological polar surface area (TPSA) is 180 Å². The summed E-state index contributed by atoms with van der Waals surface area (Å²) in [5, 5.41) is 31.2. The zero-order valence-electron chi connectivity index (χ0n) is 32.2. The number of alkyl halides is 1. The SMILES string of the molecule is Cn1c(=O)n(C2CCC(=O)NC2=O)c2cccc([C@H]3CCN(C[C@H]4CC[C@H](n5cc6cc(NC(=O)c7cccc(C#N)n7)c(C(C)(C)O)cc6n5)CC4)C[C@H]3F)c21. The monoisotopic (exact) mass is 775 g/mol. The minimum absolute atomic E-state index is 0.0969. The Balaban J connectivity index is 0.913. The van der Waals surface area contributed by atoms with Crippen LogP contribution in [0.1, 0.15) is 104 Å². The third-order valence-corrected chi connectivity index (χ3v) is 12.1. The number of hydrogen-bond donors (Lipinski definition) is 3. The summed E-state index contributed by atoms with van der Waals surface area (Å²) in [6.07, 6.45) is 5.61. The highest BCUT2D eigenvalue weighted by molar-refractivity contribution is 6.04. The van der Waals surface area contributed by atoms with Crippen molar-refractivity contribution in [2.75, 3.05) is 25.0 Å². The van der Waals surface area contributed by atoms with Crippen LogP contribution in [0.15, 0.2) is 59.5 Å². The number of nitrogens with one attached hydrogen (secondary N) is 2. The largest absolute Gasteiger partial charge is 0.386 e. The van der Waals surface area contributed by atoms with Gasteiger partial charge in [-0.25, -0.2) is 14.2 Å². The van der Waals surface area contributed by atoms with Crippen LogP contribution in [0.2, 0.25) is 0 Å². The van der Waals surface area contributed by atoms with E-state index in [1.807, 2.05) is 35.1 Å². The van der Waals surface area contributed by atoms with E-state index in [9.17, 15) is 29.5 Å². The van der Waals surface area contributed by atoms with Crippen LogP contribution in [0.4, 0.5) is 10.1 Å². The Morgan fingerprint density at radius 2 is 1.84 bits per heavy atom. The number of nitriles is 1. The number of anilines is 1. The molecule has 5 heterocycles. The number of hydrogen-bond acceptors (Lipinski definition) is 9. The van der Waals surface area contributed by atoms with Crippen molar-refractivity contribution in [2.24, 2.45) is 13.0 Å². The molecule has 1 saturated carbocycles. The fourth-order valence-corrected chi connectivity index (χ4v) is 9.14. The predicted molar refractivity (Wildman–Crippen MR) is 210 cm³/mol. The molecule has 0 spiro atoms. The van der Waals surface area contributed by atoms with Crippen molar-refractivity contribution < 1.29 is 23.9 Å². The molecular formula is C42H46FN9O5. The van der Waals surface area contributed by atoms with Gasteiger partial charge < -0.3 is 15.3 Å². The molecule has 3 atom stereocenters. The molecule has 14 nitrogen and oxygen atoms in total. The van der Waals surface area contributed by atoms with Crippen LogP contribution in [-0.2, 0) is 22.2 Å². The van der Waals surface area contributed by atoms with E-state index in [0.717, 1.165) is 49.7 Å². The van der Waals surface area contributed by atoms with E-state index in [1.165, 1.54) is 21.3 Å². The molecule has 57 heavy (non-hydrogen) atoms. The molecular weight excluding hydrogens is 730 g/mol. The van der Waals surface area contributed by atoms with E-state index in [4.69, 9.17) is 5.10 Å². The molecule has 2 aliphatic heterocycles. The lowest BCUT2D eigenvalue weighted by molar-refractivity contribution is -0.135. The van der Waals surface area contributed by atoms with Crippen molar-refractivity contribution in [3.05, 3.63) is 87.7 Å². The van der Waals surface area contributed by atoms with Crippen molar-refractivity contribution in [1.29, 1.82) is 5.26 Å². The van der Waals surface area contributed by atoms with Crippen LogP contribution in [0.5, 0.6) is 0 Å². The second kappa shape index (κ2) is 15.0. The number of carbonyl (C=O) groups is 3. The number of amides is 3. The summed E-state index contributed by atoms with van der Waals surface area (Å²) in [6, 6.07) is 15.1. The number of aliphatic hydroxyl groups is 1. The molecule has 2 saturated heterocycles. The lowest BCUT2D eigenvalue weighted by atomic mass is 9.83. The molecule has 3 aromatic heterocycles. The lowest BCUT2D eigenvalue weighted by Gasteiger charge is -2.38. The number of fused-ring (bicyclic) bond motifs is 2. The maximum absolute atomic E-state index is 16.2. The van der Waals surface area contributed by atoms with Crippen LogP contribution in [0.25, 0.3) is 21.9 Å². The molecule has 15 heteroatoms. The molecule has 1 aliphatic carbocycles. The van der Waals surface area contributed by atoms with Gasteiger partial charge in [0, 0.05) is 55.3 Å². The number of imidazole rings is 1. The smallest absolute Gasteiger partial charge is 0.329 e. The fourth-order valence-electron chi connectivity index (χ4n) is 9.14. The van der Waals surface area contributed by atoms with Crippen molar-refractivity contribution in [1.82, 2.24) is 34.1 Å². The van der Waals surface area contributed by atoms with Crippen molar-refractivity contribution in [3.8, 4) is 6.07 Å². The van der Waals surface area contributed by atoms with Gasteiger partial charge in [0.05, 0.1) is 28.2 Å². The molecule has 3 amide bonds. The van der Waals surface area contributed by atoms with Crippen LogP contribution in [0, 0.1) is 17.2 Å². The van der Waals surface area contributed by atoms with E-state index in [-0.39, 0.29) is 41.9 Å². The molecule has 3 N–H and O–H groups in total. The number of nitrogens with zero attached hydrogens (tertiary/aromatic N) is 7. The number of rotatable bonds is 8. The Kier molecular flexibility index (Phi) is 10.0. The number of benzene rings is 2. The maximum Gasteiger partial charge on any atom is 0.329 e. The standard InChI is InChI=1S/C42H46FN9O5/c1-42(2,57)30-19-33-25(18-34(30)46-39(54)32-8-4-6-26(20-44)45-32)22-51(48-33)27-12-10-24(11-13-27)21-50-17-16-28(31(43)23-50)29-7-5-9-35-38(29)49(3)41(56)52(35)36-14-15-37(53)47-40(36)55/h4-9,18-19,22,24,27-28,31,36,57H,10-17,21,23H2,1-3H3,(H,46,54)(H,47,53,55)/t24-,27-,28-,31-,36?/m1/s1. The number of carbonyl (C=O) groups excluding carboxylic acids is 3. The molecule has 8 rings (SSSR count). The third kappa shape index (κ3) is 7.35. The normalized spacial score (nSPS) is 23.4. The van der Waals surface area contributed by atoms with Crippen LogP contribution >= 0.6 is 0 Å². The van der Waals surface area contributed by atoms with Crippen molar-refractivity contribution in [3.63, 3.8) is 0 Å². The van der Waals surface area contributed by atoms with Crippen molar-refractivity contribution >= 4 is 45.3 Å². The first-order chi connectivity index (χ1) is 27.3. The fraction of sp³-hybridized carbons (Fsp3) is 0.452. The van der Waals surface area contributed by atoms with E-state index in [0.29, 0.717) is 46.7 Å². The van der Waals surface area contributed by atoms with Gasteiger partial charge >= 0.3 is 5.69 Å². The predicted octanol–water partition coefficient (Wildman–Crippen LogP) is 4.97. The second-order valence-corrected chi connectivity index (χ2v) is 16.3. The van der Waals surface area contributed by atoms with Gasteiger partial charge in [-0.3, -0.25) is 33.5 Å². The average molecular weight is 776 g/mol. The highest BCUT2D eigenvalue weighted by Gasteiger charge is 2.36. The molecule has 0 bridgehead atoms. The number of halogens is 1. The zero-order chi connectivity index (χ0) is 40.2.